The molecule has 0 heterocycles. The molecule has 0 aliphatic rings. The summed E-state index contributed by atoms with van der Waals surface area (Å²) in [5, 5.41) is 2.79. The van der Waals surface area contributed by atoms with Gasteiger partial charge in [0.1, 0.15) is 17.6 Å². The molecule has 162 valence electrons. The number of amides is 2. The van der Waals surface area contributed by atoms with Crippen LogP contribution in [0.1, 0.15) is 42.5 Å². The fourth-order valence-electron chi connectivity index (χ4n) is 3.37. The Balaban J connectivity index is 2.24. The molecule has 1 N–H and O–H groups in total. The van der Waals surface area contributed by atoms with Crippen LogP contribution in [0.3, 0.4) is 0 Å². The number of benzene rings is 2. The Labute approximate surface area is 178 Å². The average molecular weight is 415 g/mol. The van der Waals surface area contributed by atoms with Gasteiger partial charge in [0.05, 0.1) is 0 Å². The van der Waals surface area contributed by atoms with E-state index in [1.165, 1.54) is 17.0 Å². The van der Waals surface area contributed by atoms with Crippen molar-refractivity contribution in [1.29, 1.82) is 0 Å². The highest BCUT2D eigenvalue weighted by Gasteiger charge is 2.28. The predicted octanol–water partition coefficient (Wildman–Crippen LogP) is 4.07. The number of nitrogens with zero attached hydrogens (tertiary/aromatic N) is 1. The normalized spacial score (nSPS) is 11.7. The molecule has 0 saturated heterocycles. The van der Waals surface area contributed by atoms with E-state index in [2.05, 4.69) is 11.4 Å². The van der Waals surface area contributed by atoms with Crippen LogP contribution in [0.5, 0.6) is 5.75 Å². The van der Waals surface area contributed by atoms with Crippen molar-refractivity contribution in [2.45, 2.75) is 53.6 Å². The summed E-state index contributed by atoms with van der Waals surface area (Å²) in [5.41, 5.74) is 3.87. The second-order valence-electron chi connectivity index (χ2n) is 7.46. The van der Waals surface area contributed by atoms with Crippen LogP contribution in [0.15, 0.2) is 36.4 Å². The van der Waals surface area contributed by atoms with Crippen LogP contribution in [-0.4, -0.2) is 35.9 Å². The van der Waals surface area contributed by atoms with Gasteiger partial charge < -0.3 is 15.0 Å². The molecule has 30 heavy (non-hydrogen) atoms. The first-order valence-electron chi connectivity index (χ1n) is 10.3. The van der Waals surface area contributed by atoms with Gasteiger partial charge in [-0.1, -0.05) is 25.1 Å². The van der Waals surface area contributed by atoms with Crippen molar-refractivity contribution < 1.29 is 18.7 Å². The number of halogens is 1. The molecule has 0 unspecified atom stereocenters. The van der Waals surface area contributed by atoms with Crippen molar-refractivity contribution >= 4 is 11.8 Å². The summed E-state index contributed by atoms with van der Waals surface area (Å²) in [7, 11) is 0. The van der Waals surface area contributed by atoms with Gasteiger partial charge in [-0.3, -0.25) is 9.59 Å². The SMILES string of the molecule is CCNC(=O)[C@@H](CC)N(Cc1ccc(F)cc1)C(=O)COc1cc(C)cc(C)c1C. The van der Waals surface area contributed by atoms with E-state index in [9.17, 15) is 14.0 Å². The zero-order valence-corrected chi connectivity index (χ0v) is 18.4. The van der Waals surface area contributed by atoms with Gasteiger partial charge in [0.2, 0.25) is 5.91 Å². The molecule has 0 bridgehead atoms. The molecular weight excluding hydrogens is 383 g/mol. The Morgan fingerprint density at radius 2 is 1.77 bits per heavy atom. The minimum absolute atomic E-state index is 0.180. The van der Waals surface area contributed by atoms with Gasteiger partial charge in [-0.05, 0) is 74.6 Å². The van der Waals surface area contributed by atoms with Crippen molar-refractivity contribution in [3.63, 3.8) is 0 Å². The van der Waals surface area contributed by atoms with E-state index >= 15 is 0 Å². The number of carbonyl (C=O) groups excluding carboxylic acids is 2. The molecular formula is C24H31FN2O3. The Bertz CT molecular complexity index is 881. The standard InChI is InChI=1S/C24H31FN2O3/c1-6-21(24(29)26-7-2)27(14-19-8-10-20(25)11-9-19)23(28)15-30-22-13-16(3)12-17(4)18(22)5/h8-13,21H,6-7,14-15H2,1-5H3,(H,26,29)/t21-/m1/s1. The first kappa shape index (κ1) is 23.4. The molecule has 2 aromatic carbocycles. The smallest absolute Gasteiger partial charge is 0.261 e. The highest BCUT2D eigenvalue weighted by atomic mass is 19.1. The first-order chi connectivity index (χ1) is 14.3. The van der Waals surface area contributed by atoms with Crippen molar-refractivity contribution in [2.75, 3.05) is 13.2 Å². The van der Waals surface area contributed by atoms with Crippen LogP contribution in [-0.2, 0) is 16.1 Å². The molecule has 0 aliphatic carbocycles. The molecule has 1 atom stereocenters. The van der Waals surface area contributed by atoms with Crippen molar-refractivity contribution in [3.8, 4) is 5.75 Å². The van der Waals surface area contributed by atoms with E-state index in [-0.39, 0.29) is 30.8 Å². The van der Waals surface area contributed by atoms with Gasteiger partial charge in [-0.25, -0.2) is 4.39 Å². The number of ether oxygens (including phenoxy) is 1. The van der Waals surface area contributed by atoms with E-state index in [4.69, 9.17) is 4.74 Å². The summed E-state index contributed by atoms with van der Waals surface area (Å²) in [6.45, 7) is 10.1. The van der Waals surface area contributed by atoms with Crippen molar-refractivity contribution in [2.24, 2.45) is 0 Å². The molecule has 0 fully saturated rings. The zero-order valence-electron chi connectivity index (χ0n) is 18.4. The second kappa shape index (κ2) is 10.8. The second-order valence-corrected chi connectivity index (χ2v) is 7.46. The maximum atomic E-state index is 13.3. The summed E-state index contributed by atoms with van der Waals surface area (Å²) >= 11 is 0. The van der Waals surface area contributed by atoms with Crippen LogP contribution in [0.2, 0.25) is 0 Å². The van der Waals surface area contributed by atoms with Crippen LogP contribution in [0.25, 0.3) is 0 Å². The summed E-state index contributed by atoms with van der Waals surface area (Å²) in [5.74, 6) is -0.191. The number of nitrogens with one attached hydrogen (secondary N) is 1. The maximum absolute atomic E-state index is 13.3. The van der Waals surface area contributed by atoms with Crippen LogP contribution < -0.4 is 10.1 Å². The van der Waals surface area contributed by atoms with Crippen molar-refractivity contribution in [3.05, 3.63) is 64.5 Å². The molecule has 0 radical (unpaired) electrons. The molecule has 0 aromatic heterocycles. The number of carbonyl (C=O) groups is 2. The lowest BCUT2D eigenvalue weighted by molar-refractivity contribution is -0.142. The molecule has 2 aromatic rings. The third-order valence-electron chi connectivity index (χ3n) is 5.12. The largest absolute Gasteiger partial charge is 0.483 e. The average Bonchev–Trinajstić information content (AvgIpc) is 2.70. The topological polar surface area (TPSA) is 58.6 Å². The summed E-state index contributed by atoms with van der Waals surface area (Å²) in [6.07, 6.45) is 0.460. The Hall–Kier alpha value is -2.89. The fourth-order valence-corrected chi connectivity index (χ4v) is 3.37. The fraction of sp³-hybridized carbons (Fsp3) is 0.417. The maximum Gasteiger partial charge on any atom is 0.261 e. The van der Waals surface area contributed by atoms with Gasteiger partial charge in [-0.2, -0.15) is 0 Å². The van der Waals surface area contributed by atoms with E-state index in [0.29, 0.717) is 18.7 Å². The number of rotatable bonds is 9. The lowest BCUT2D eigenvalue weighted by atomic mass is 10.1. The predicted molar refractivity (Wildman–Crippen MR) is 116 cm³/mol. The number of hydrogen-bond acceptors (Lipinski definition) is 3. The Morgan fingerprint density at radius 1 is 1.10 bits per heavy atom. The quantitative estimate of drug-likeness (QED) is 0.673. The number of hydrogen-bond donors (Lipinski definition) is 1. The minimum atomic E-state index is -0.633. The number of likely N-dealkylation sites (N-methyl/N-ethyl adjacent to an activating group) is 1. The summed E-state index contributed by atoms with van der Waals surface area (Å²) < 4.78 is 19.1. The Morgan fingerprint density at radius 3 is 2.37 bits per heavy atom. The monoisotopic (exact) mass is 414 g/mol. The highest BCUT2D eigenvalue weighted by Crippen LogP contribution is 2.23. The van der Waals surface area contributed by atoms with E-state index in [1.54, 1.807) is 12.1 Å². The molecule has 0 spiro atoms. The van der Waals surface area contributed by atoms with Gasteiger partial charge >= 0.3 is 0 Å². The van der Waals surface area contributed by atoms with Crippen LogP contribution >= 0.6 is 0 Å². The van der Waals surface area contributed by atoms with Crippen LogP contribution in [0.4, 0.5) is 4.39 Å². The molecule has 6 heteroatoms. The zero-order chi connectivity index (χ0) is 22.3. The first-order valence-corrected chi connectivity index (χ1v) is 10.3. The molecule has 2 rings (SSSR count). The summed E-state index contributed by atoms with van der Waals surface area (Å²) in [4.78, 5) is 27.2. The lowest BCUT2D eigenvalue weighted by Gasteiger charge is -2.30. The van der Waals surface area contributed by atoms with Crippen LogP contribution in [0, 0.1) is 26.6 Å². The van der Waals surface area contributed by atoms with E-state index < -0.39 is 6.04 Å². The number of aryl methyl sites for hydroxylation is 2. The molecule has 0 saturated carbocycles. The van der Waals surface area contributed by atoms with Crippen molar-refractivity contribution in [1.82, 2.24) is 10.2 Å². The van der Waals surface area contributed by atoms with Gasteiger partial charge in [0.25, 0.3) is 5.91 Å². The highest BCUT2D eigenvalue weighted by molar-refractivity contribution is 5.88. The van der Waals surface area contributed by atoms with E-state index in [0.717, 1.165) is 22.3 Å². The minimum Gasteiger partial charge on any atom is -0.483 e. The molecule has 5 nitrogen and oxygen atoms in total. The Kier molecular flexibility index (Phi) is 8.39. The lowest BCUT2D eigenvalue weighted by Crippen LogP contribution is -2.50. The summed E-state index contributed by atoms with van der Waals surface area (Å²) in [6, 6.07) is 9.27. The van der Waals surface area contributed by atoms with E-state index in [1.807, 2.05) is 40.7 Å². The third kappa shape index (κ3) is 6.05. The van der Waals surface area contributed by atoms with Gasteiger partial charge in [0.15, 0.2) is 6.61 Å². The van der Waals surface area contributed by atoms with Gasteiger partial charge in [0, 0.05) is 13.1 Å². The molecule has 0 aliphatic heterocycles. The van der Waals surface area contributed by atoms with Gasteiger partial charge in [-0.15, -0.1) is 0 Å². The molecule has 2 amide bonds. The third-order valence-corrected chi connectivity index (χ3v) is 5.12.